The molecule has 0 spiro atoms. The van der Waals surface area contributed by atoms with Gasteiger partial charge in [0.2, 0.25) is 0 Å². The highest BCUT2D eigenvalue weighted by Crippen LogP contribution is 2.36. The van der Waals surface area contributed by atoms with Crippen LogP contribution in [0.25, 0.3) is 6.08 Å². The second-order valence-electron chi connectivity index (χ2n) is 4.54. The third kappa shape index (κ3) is 2.60. The van der Waals surface area contributed by atoms with E-state index in [9.17, 15) is 5.11 Å². The van der Waals surface area contributed by atoms with Gasteiger partial charge in [0.05, 0.1) is 0 Å². The number of aryl methyl sites for hydroxylation is 2. The Balaban J connectivity index is 2.55. The van der Waals surface area contributed by atoms with Gasteiger partial charge in [0, 0.05) is 11.6 Å². The highest BCUT2D eigenvalue weighted by molar-refractivity contribution is 6.29. The van der Waals surface area contributed by atoms with Crippen LogP contribution in [0.5, 0.6) is 17.4 Å². The lowest BCUT2D eigenvalue weighted by atomic mass is 9.99. The van der Waals surface area contributed by atoms with Gasteiger partial charge in [0.15, 0.2) is 10.9 Å². The smallest absolute Gasteiger partial charge is 0.281 e. The summed E-state index contributed by atoms with van der Waals surface area (Å²) in [6, 6.07) is 3.35. The van der Waals surface area contributed by atoms with E-state index in [0.717, 1.165) is 22.3 Å². The molecule has 0 fully saturated rings. The Hall–Kier alpha value is -2.07. The molecule has 0 saturated carbocycles. The Labute approximate surface area is 122 Å². The van der Waals surface area contributed by atoms with E-state index in [1.54, 1.807) is 6.08 Å². The molecule has 0 unspecified atom stereocenters. The molecule has 2 aromatic rings. The van der Waals surface area contributed by atoms with E-state index >= 15 is 0 Å². The van der Waals surface area contributed by atoms with Crippen LogP contribution in [0.4, 0.5) is 0 Å². The van der Waals surface area contributed by atoms with E-state index in [2.05, 4.69) is 22.8 Å². The van der Waals surface area contributed by atoms with Crippen LogP contribution < -0.4 is 4.74 Å². The van der Waals surface area contributed by atoms with Crippen LogP contribution >= 0.6 is 11.6 Å². The molecule has 0 atom stereocenters. The number of ether oxygens (including phenoxy) is 1. The summed E-state index contributed by atoms with van der Waals surface area (Å²) in [6.45, 7) is 9.72. The van der Waals surface area contributed by atoms with Gasteiger partial charge < -0.3 is 9.84 Å². The summed E-state index contributed by atoms with van der Waals surface area (Å²) >= 11 is 5.65. The topological polar surface area (TPSA) is 55.2 Å². The lowest BCUT2D eigenvalue weighted by molar-refractivity contribution is 0.389. The second-order valence-corrected chi connectivity index (χ2v) is 4.93. The minimum absolute atomic E-state index is 0.0191. The number of hydrogen-bond donors (Lipinski definition) is 1. The highest BCUT2D eigenvalue weighted by atomic mass is 35.5. The molecule has 0 amide bonds. The Morgan fingerprint density at radius 2 is 1.90 bits per heavy atom. The summed E-state index contributed by atoms with van der Waals surface area (Å²) in [5.74, 6) is 0.480. The molecule has 20 heavy (non-hydrogen) atoms. The summed E-state index contributed by atoms with van der Waals surface area (Å²) in [5, 5.41) is 17.3. The van der Waals surface area contributed by atoms with Gasteiger partial charge in [-0.05, 0) is 37.5 Å². The average molecular weight is 291 g/mol. The van der Waals surface area contributed by atoms with Crippen molar-refractivity contribution in [2.75, 3.05) is 0 Å². The van der Waals surface area contributed by atoms with Crippen LogP contribution in [0.1, 0.15) is 22.3 Å². The van der Waals surface area contributed by atoms with E-state index in [-0.39, 0.29) is 16.8 Å². The summed E-state index contributed by atoms with van der Waals surface area (Å²) in [5.41, 5.74) is 3.95. The lowest BCUT2D eigenvalue weighted by Gasteiger charge is -2.15. The first kappa shape index (κ1) is 14.3. The van der Waals surface area contributed by atoms with Crippen molar-refractivity contribution in [3.05, 3.63) is 46.1 Å². The van der Waals surface area contributed by atoms with Crippen molar-refractivity contribution >= 4 is 17.7 Å². The molecule has 1 aromatic carbocycles. The molecule has 1 N–H and O–H groups in total. The first-order valence-electron chi connectivity index (χ1n) is 6.07. The fourth-order valence-corrected chi connectivity index (χ4v) is 2.11. The van der Waals surface area contributed by atoms with Gasteiger partial charge >= 0.3 is 0 Å². The first-order chi connectivity index (χ1) is 9.43. The highest BCUT2D eigenvalue weighted by Gasteiger charge is 2.15. The number of hydrogen-bond acceptors (Lipinski definition) is 4. The standard InChI is InChI=1S/C15H15ClN2O2/c1-5-11-9(3)6-8(2)10(4)14(11)20-15-12(19)7-13(16)17-18-15/h5-7H,1H2,2-4H3,(H,17,19). The molecule has 5 heteroatoms. The van der Waals surface area contributed by atoms with Crippen molar-refractivity contribution in [3.63, 3.8) is 0 Å². The predicted molar refractivity (Wildman–Crippen MR) is 79.5 cm³/mol. The minimum Gasteiger partial charge on any atom is -0.503 e. The molecular weight excluding hydrogens is 276 g/mol. The van der Waals surface area contributed by atoms with Crippen molar-refractivity contribution in [3.8, 4) is 17.4 Å². The molecule has 0 aliphatic heterocycles. The van der Waals surface area contributed by atoms with Gasteiger partial charge in [0.1, 0.15) is 5.75 Å². The summed E-state index contributed by atoms with van der Waals surface area (Å²) in [6.07, 6.45) is 1.72. The molecule has 2 rings (SSSR count). The molecule has 0 saturated heterocycles. The number of rotatable bonds is 3. The maximum absolute atomic E-state index is 9.81. The quantitative estimate of drug-likeness (QED) is 0.920. The monoisotopic (exact) mass is 290 g/mol. The summed E-state index contributed by atoms with van der Waals surface area (Å²) < 4.78 is 5.73. The fraction of sp³-hybridized carbons (Fsp3) is 0.200. The Kier molecular flexibility index (Phi) is 3.95. The number of aromatic nitrogens is 2. The molecule has 0 aliphatic rings. The van der Waals surface area contributed by atoms with Crippen LogP contribution in [0, 0.1) is 20.8 Å². The SMILES string of the molecule is C=Cc1c(C)cc(C)c(C)c1Oc1nnc(Cl)cc1O. The number of halogens is 1. The van der Waals surface area contributed by atoms with E-state index in [1.807, 2.05) is 20.8 Å². The molecule has 1 heterocycles. The van der Waals surface area contributed by atoms with E-state index in [0.29, 0.717) is 5.75 Å². The van der Waals surface area contributed by atoms with E-state index in [1.165, 1.54) is 6.07 Å². The maximum atomic E-state index is 9.81. The van der Waals surface area contributed by atoms with Crippen LogP contribution in [0.15, 0.2) is 18.7 Å². The third-order valence-corrected chi connectivity index (χ3v) is 3.33. The minimum atomic E-state index is -0.154. The van der Waals surface area contributed by atoms with Crippen molar-refractivity contribution in [2.45, 2.75) is 20.8 Å². The van der Waals surface area contributed by atoms with Gasteiger partial charge in [-0.25, -0.2) is 0 Å². The normalized spacial score (nSPS) is 10.4. The van der Waals surface area contributed by atoms with Crippen LogP contribution in [0.2, 0.25) is 5.15 Å². The molecule has 0 aliphatic carbocycles. The van der Waals surface area contributed by atoms with Crippen molar-refractivity contribution in [2.24, 2.45) is 0 Å². The first-order valence-corrected chi connectivity index (χ1v) is 6.45. The lowest BCUT2D eigenvalue weighted by Crippen LogP contribution is -1.98. The number of aromatic hydroxyl groups is 1. The molecule has 1 aromatic heterocycles. The van der Waals surface area contributed by atoms with Crippen LogP contribution in [0.3, 0.4) is 0 Å². The largest absolute Gasteiger partial charge is 0.503 e. The Morgan fingerprint density at radius 1 is 1.20 bits per heavy atom. The summed E-state index contributed by atoms with van der Waals surface area (Å²) in [7, 11) is 0. The zero-order valence-electron chi connectivity index (χ0n) is 11.6. The maximum Gasteiger partial charge on any atom is 0.281 e. The zero-order valence-corrected chi connectivity index (χ0v) is 12.3. The van der Waals surface area contributed by atoms with Gasteiger partial charge in [-0.2, -0.15) is 0 Å². The zero-order chi connectivity index (χ0) is 14.9. The fourth-order valence-electron chi connectivity index (χ4n) is 1.97. The Bertz CT molecular complexity index is 684. The average Bonchev–Trinajstić information content (AvgIpc) is 2.38. The van der Waals surface area contributed by atoms with Crippen LogP contribution in [-0.2, 0) is 0 Å². The number of benzene rings is 1. The molecule has 104 valence electrons. The van der Waals surface area contributed by atoms with Gasteiger partial charge in [-0.3, -0.25) is 0 Å². The number of nitrogens with zero attached hydrogens (tertiary/aromatic N) is 2. The van der Waals surface area contributed by atoms with Gasteiger partial charge in [-0.1, -0.05) is 30.3 Å². The van der Waals surface area contributed by atoms with Crippen molar-refractivity contribution in [1.82, 2.24) is 10.2 Å². The van der Waals surface area contributed by atoms with Crippen molar-refractivity contribution in [1.29, 1.82) is 0 Å². The third-order valence-electron chi connectivity index (χ3n) is 3.15. The Morgan fingerprint density at radius 3 is 2.50 bits per heavy atom. The van der Waals surface area contributed by atoms with Crippen molar-refractivity contribution < 1.29 is 9.84 Å². The summed E-state index contributed by atoms with van der Waals surface area (Å²) in [4.78, 5) is 0. The van der Waals surface area contributed by atoms with E-state index in [4.69, 9.17) is 16.3 Å². The molecular formula is C15H15ClN2O2. The molecule has 0 radical (unpaired) electrons. The second kappa shape index (κ2) is 5.51. The van der Waals surface area contributed by atoms with E-state index < -0.39 is 0 Å². The predicted octanol–water partition coefficient (Wildman–Crippen LogP) is 4.20. The molecule has 0 bridgehead atoms. The molecule has 4 nitrogen and oxygen atoms in total. The van der Waals surface area contributed by atoms with Crippen LogP contribution in [-0.4, -0.2) is 15.3 Å². The van der Waals surface area contributed by atoms with Gasteiger partial charge in [-0.15, -0.1) is 10.2 Å². The van der Waals surface area contributed by atoms with Gasteiger partial charge in [0.25, 0.3) is 5.88 Å².